The van der Waals surface area contributed by atoms with Gasteiger partial charge in [0.15, 0.2) is 0 Å². The molecular weight excluding hydrogens is 152 g/mol. The monoisotopic (exact) mass is 170 g/mol. The van der Waals surface area contributed by atoms with Crippen LogP contribution in [0, 0.1) is 0 Å². The summed E-state index contributed by atoms with van der Waals surface area (Å²) < 4.78 is 0. The smallest absolute Gasteiger partial charge is 0.142 e. The van der Waals surface area contributed by atoms with Crippen LogP contribution in [0.5, 0.6) is 0 Å². The lowest BCUT2D eigenvalue weighted by atomic mass is 10.3. The van der Waals surface area contributed by atoms with Crippen molar-refractivity contribution in [3.8, 4) is 0 Å². The summed E-state index contributed by atoms with van der Waals surface area (Å²) in [4.78, 5) is 9.89. The molecule has 0 aromatic heterocycles. The highest BCUT2D eigenvalue weighted by atomic mass is 28.3. The largest absolute Gasteiger partial charge is 0.299 e. The Labute approximate surface area is 70.5 Å². The molecule has 0 aromatic carbocycles. The van der Waals surface area contributed by atoms with Gasteiger partial charge in [0.25, 0.3) is 0 Å². The maximum Gasteiger partial charge on any atom is 0.142 e. The fourth-order valence-corrected chi connectivity index (χ4v) is 2.17. The van der Waals surface area contributed by atoms with Crippen molar-refractivity contribution in [2.45, 2.75) is 38.5 Å². The summed E-state index contributed by atoms with van der Waals surface area (Å²) in [5.74, 6) is 0. The molecule has 11 heavy (non-hydrogen) atoms. The number of aldehydes is 1. The molecule has 0 amide bonds. The van der Waals surface area contributed by atoms with Gasteiger partial charge in [-0.2, -0.15) is 0 Å². The Hall–Kier alpha value is -0.373. The van der Waals surface area contributed by atoms with Gasteiger partial charge in [0.2, 0.25) is 0 Å². The minimum Gasteiger partial charge on any atom is -0.299 e. The third-order valence-corrected chi connectivity index (χ3v) is 3.37. The SMILES string of the molecule is C[Si](C)(C)CCC/C=C\C=O. The van der Waals surface area contributed by atoms with E-state index in [1.165, 1.54) is 12.5 Å². The first-order valence-corrected chi connectivity index (χ1v) is 7.87. The van der Waals surface area contributed by atoms with Gasteiger partial charge in [0.1, 0.15) is 6.29 Å². The topological polar surface area (TPSA) is 17.1 Å². The first-order valence-electron chi connectivity index (χ1n) is 4.16. The molecule has 0 spiro atoms. The normalized spacial score (nSPS) is 12.3. The lowest BCUT2D eigenvalue weighted by Crippen LogP contribution is -2.18. The highest BCUT2D eigenvalue weighted by Gasteiger charge is 2.10. The van der Waals surface area contributed by atoms with Crippen LogP contribution in [-0.2, 0) is 4.79 Å². The zero-order valence-corrected chi connectivity index (χ0v) is 8.76. The van der Waals surface area contributed by atoms with Crippen LogP contribution >= 0.6 is 0 Å². The molecule has 0 aliphatic rings. The molecular formula is C9H18OSi. The van der Waals surface area contributed by atoms with E-state index in [-0.39, 0.29) is 0 Å². The molecule has 0 N–H and O–H groups in total. The maximum atomic E-state index is 9.89. The Balaban J connectivity index is 3.28. The van der Waals surface area contributed by atoms with E-state index in [0.29, 0.717) is 0 Å². The number of unbranched alkanes of at least 4 members (excludes halogenated alkanes) is 1. The Morgan fingerprint density at radius 3 is 2.36 bits per heavy atom. The molecule has 0 heterocycles. The second-order valence-corrected chi connectivity index (χ2v) is 9.64. The summed E-state index contributed by atoms with van der Waals surface area (Å²) in [7, 11) is -0.840. The molecule has 0 unspecified atom stereocenters. The van der Waals surface area contributed by atoms with Crippen LogP contribution in [0.15, 0.2) is 12.2 Å². The predicted molar refractivity (Wildman–Crippen MR) is 52.6 cm³/mol. The average molecular weight is 170 g/mol. The van der Waals surface area contributed by atoms with E-state index < -0.39 is 8.07 Å². The van der Waals surface area contributed by atoms with Crippen molar-refractivity contribution in [1.29, 1.82) is 0 Å². The molecule has 0 aliphatic carbocycles. The molecule has 0 saturated heterocycles. The summed E-state index contributed by atoms with van der Waals surface area (Å²) in [6.45, 7) is 7.11. The number of rotatable bonds is 5. The number of carbonyl (C=O) groups is 1. The molecule has 64 valence electrons. The molecule has 0 radical (unpaired) electrons. The van der Waals surface area contributed by atoms with Gasteiger partial charge in [-0.1, -0.05) is 38.2 Å². The Morgan fingerprint density at radius 2 is 1.91 bits per heavy atom. The maximum absolute atomic E-state index is 9.89. The summed E-state index contributed by atoms with van der Waals surface area (Å²) in [6, 6.07) is 1.36. The molecule has 2 heteroatoms. The van der Waals surface area contributed by atoms with Crippen molar-refractivity contribution in [2.24, 2.45) is 0 Å². The van der Waals surface area contributed by atoms with Crippen LogP contribution in [0.25, 0.3) is 0 Å². The van der Waals surface area contributed by atoms with E-state index in [0.717, 1.165) is 12.7 Å². The molecule has 0 atom stereocenters. The third kappa shape index (κ3) is 9.63. The zero-order valence-electron chi connectivity index (χ0n) is 7.76. The number of hydrogen-bond acceptors (Lipinski definition) is 1. The van der Waals surface area contributed by atoms with Gasteiger partial charge >= 0.3 is 0 Å². The molecule has 0 rings (SSSR count). The first kappa shape index (κ1) is 10.6. The minimum atomic E-state index is -0.840. The molecule has 0 aliphatic heterocycles. The number of hydrogen-bond donors (Lipinski definition) is 0. The summed E-state index contributed by atoms with van der Waals surface area (Å²) in [5.41, 5.74) is 0. The predicted octanol–water partition coefficient (Wildman–Crippen LogP) is 2.86. The van der Waals surface area contributed by atoms with E-state index in [2.05, 4.69) is 19.6 Å². The molecule has 1 nitrogen and oxygen atoms in total. The first-order chi connectivity index (χ1) is 5.06. The number of carbonyl (C=O) groups excluding carboxylic acids is 1. The van der Waals surface area contributed by atoms with Crippen molar-refractivity contribution in [2.75, 3.05) is 0 Å². The Kier molecular flexibility index (Phi) is 5.12. The third-order valence-electron chi connectivity index (χ3n) is 1.51. The van der Waals surface area contributed by atoms with E-state index in [1.54, 1.807) is 6.08 Å². The van der Waals surface area contributed by atoms with Crippen molar-refractivity contribution >= 4 is 14.4 Å². The Bertz CT molecular complexity index is 133. The minimum absolute atomic E-state index is 0.840. The van der Waals surface area contributed by atoms with Crippen LogP contribution in [0.4, 0.5) is 0 Å². The van der Waals surface area contributed by atoms with Crippen LogP contribution in [0.2, 0.25) is 25.7 Å². The van der Waals surface area contributed by atoms with Gasteiger partial charge < -0.3 is 0 Å². The molecule has 0 saturated carbocycles. The van der Waals surface area contributed by atoms with Gasteiger partial charge in [0, 0.05) is 8.07 Å². The van der Waals surface area contributed by atoms with E-state index in [9.17, 15) is 4.79 Å². The number of allylic oxidation sites excluding steroid dienone is 2. The van der Waals surface area contributed by atoms with Crippen molar-refractivity contribution < 1.29 is 4.79 Å². The zero-order chi connectivity index (χ0) is 8.74. The summed E-state index contributed by atoms with van der Waals surface area (Å²) in [5, 5.41) is 0. The quantitative estimate of drug-likeness (QED) is 0.268. The highest BCUT2D eigenvalue weighted by Crippen LogP contribution is 2.12. The second kappa shape index (κ2) is 5.30. The van der Waals surface area contributed by atoms with Crippen molar-refractivity contribution in [3.63, 3.8) is 0 Å². The molecule has 0 bridgehead atoms. The lowest BCUT2D eigenvalue weighted by Gasteiger charge is -2.13. The second-order valence-electron chi connectivity index (χ2n) is 4.02. The summed E-state index contributed by atoms with van der Waals surface area (Å²) in [6.07, 6.45) is 6.68. The lowest BCUT2D eigenvalue weighted by molar-refractivity contribution is -0.104. The van der Waals surface area contributed by atoms with Gasteiger partial charge in [-0.3, -0.25) is 4.79 Å². The van der Waals surface area contributed by atoms with Crippen LogP contribution in [-0.4, -0.2) is 14.4 Å². The molecule has 0 fully saturated rings. The Morgan fingerprint density at radius 1 is 1.27 bits per heavy atom. The fraction of sp³-hybridized carbons (Fsp3) is 0.667. The van der Waals surface area contributed by atoms with E-state index in [4.69, 9.17) is 0 Å². The standard InChI is InChI=1S/C9H18OSi/c1-11(2,3)9-7-5-4-6-8-10/h4,6,8H,5,7,9H2,1-3H3/b6-4-. The van der Waals surface area contributed by atoms with Crippen molar-refractivity contribution in [3.05, 3.63) is 12.2 Å². The van der Waals surface area contributed by atoms with Crippen LogP contribution < -0.4 is 0 Å². The van der Waals surface area contributed by atoms with Crippen molar-refractivity contribution in [1.82, 2.24) is 0 Å². The average Bonchev–Trinajstić information content (AvgIpc) is 1.85. The highest BCUT2D eigenvalue weighted by molar-refractivity contribution is 6.76. The van der Waals surface area contributed by atoms with Crippen LogP contribution in [0.3, 0.4) is 0 Å². The fourth-order valence-electron chi connectivity index (χ4n) is 0.902. The van der Waals surface area contributed by atoms with E-state index in [1.807, 2.05) is 6.08 Å². The van der Waals surface area contributed by atoms with Gasteiger partial charge in [-0.25, -0.2) is 0 Å². The van der Waals surface area contributed by atoms with Crippen LogP contribution in [0.1, 0.15) is 12.8 Å². The summed E-state index contributed by atoms with van der Waals surface area (Å²) >= 11 is 0. The van der Waals surface area contributed by atoms with Gasteiger partial charge in [0.05, 0.1) is 0 Å². The van der Waals surface area contributed by atoms with Gasteiger partial charge in [-0.05, 0) is 12.5 Å². The van der Waals surface area contributed by atoms with Gasteiger partial charge in [-0.15, -0.1) is 0 Å². The van der Waals surface area contributed by atoms with E-state index >= 15 is 0 Å². The molecule has 0 aromatic rings.